The van der Waals surface area contributed by atoms with Crippen LogP contribution >= 0.6 is 0 Å². The lowest BCUT2D eigenvalue weighted by atomic mass is 10.1. The van der Waals surface area contributed by atoms with E-state index in [0.717, 1.165) is 19.3 Å². The molecule has 0 saturated heterocycles. The maximum absolute atomic E-state index is 9.29. The zero-order valence-electron chi connectivity index (χ0n) is 8.16. The molecule has 0 bridgehead atoms. The van der Waals surface area contributed by atoms with Crippen LogP contribution in [0.1, 0.15) is 39.5 Å². The highest BCUT2D eigenvalue weighted by Gasteiger charge is 1.94. The highest BCUT2D eigenvalue weighted by atomic mass is 16.3. The number of rotatable bonds is 6. The van der Waals surface area contributed by atoms with Crippen molar-refractivity contribution in [2.24, 2.45) is 0 Å². The number of aliphatic hydroxyl groups excluding tert-OH is 1. The van der Waals surface area contributed by atoms with E-state index in [2.05, 4.69) is 19.1 Å². The normalized spacial score (nSPS) is 14.6. The van der Waals surface area contributed by atoms with Gasteiger partial charge in [0.2, 0.25) is 0 Å². The smallest absolute Gasteiger partial charge is 0.0723 e. The quantitative estimate of drug-likeness (QED) is 0.604. The molecule has 0 saturated carbocycles. The molecule has 70 valence electrons. The first-order valence-corrected chi connectivity index (χ1v) is 4.77. The molecule has 0 aliphatic carbocycles. The molecule has 0 fully saturated rings. The van der Waals surface area contributed by atoms with Crippen LogP contribution < -0.4 is 0 Å². The van der Waals surface area contributed by atoms with Crippen molar-refractivity contribution in [2.45, 2.75) is 45.6 Å². The molecule has 0 aliphatic heterocycles. The second-order valence-electron chi connectivity index (χ2n) is 2.93. The first-order valence-electron chi connectivity index (χ1n) is 4.77. The molecular formula is C11H20O. The first-order chi connectivity index (χ1) is 5.81. The summed E-state index contributed by atoms with van der Waals surface area (Å²) < 4.78 is 0. The average Bonchev–Trinajstić information content (AvgIpc) is 2.05. The van der Waals surface area contributed by atoms with Crippen LogP contribution in [0.5, 0.6) is 0 Å². The second-order valence-corrected chi connectivity index (χ2v) is 2.93. The Morgan fingerprint density at radius 3 is 2.50 bits per heavy atom. The van der Waals surface area contributed by atoms with Gasteiger partial charge in [-0.1, -0.05) is 37.6 Å². The summed E-state index contributed by atoms with van der Waals surface area (Å²) >= 11 is 0. The molecule has 0 spiro atoms. The van der Waals surface area contributed by atoms with Crippen LogP contribution in [0.15, 0.2) is 24.3 Å². The topological polar surface area (TPSA) is 20.2 Å². The summed E-state index contributed by atoms with van der Waals surface area (Å²) in [7, 11) is 0. The van der Waals surface area contributed by atoms with Gasteiger partial charge in [0.25, 0.3) is 0 Å². The van der Waals surface area contributed by atoms with Crippen LogP contribution in [0, 0.1) is 0 Å². The van der Waals surface area contributed by atoms with E-state index in [-0.39, 0.29) is 6.10 Å². The van der Waals surface area contributed by atoms with Gasteiger partial charge in [-0.15, -0.1) is 0 Å². The molecule has 0 aromatic heterocycles. The molecule has 0 amide bonds. The van der Waals surface area contributed by atoms with E-state index in [1.165, 1.54) is 6.42 Å². The second kappa shape index (κ2) is 8.54. The molecular weight excluding hydrogens is 148 g/mol. The molecule has 0 aromatic rings. The molecule has 12 heavy (non-hydrogen) atoms. The summed E-state index contributed by atoms with van der Waals surface area (Å²) in [6.07, 6.45) is 12.0. The number of hydrogen-bond donors (Lipinski definition) is 1. The minimum absolute atomic E-state index is 0.263. The number of hydrogen-bond acceptors (Lipinski definition) is 1. The zero-order valence-corrected chi connectivity index (χ0v) is 8.16. The Morgan fingerprint density at radius 2 is 1.92 bits per heavy atom. The summed E-state index contributed by atoms with van der Waals surface area (Å²) in [5, 5.41) is 9.29. The summed E-state index contributed by atoms with van der Waals surface area (Å²) in [5.41, 5.74) is 0. The maximum Gasteiger partial charge on any atom is 0.0723 e. The average molecular weight is 168 g/mol. The number of aliphatic hydroxyl groups is 1. The van der Waals surface area contributed by atoms with Gasteiger partial charge in [-0.3, -0.25) is 0 Å². The fraction of sp³-hybridized carbons (Fsp3) is 0.636. The zero-order chi connectivity index (χ0) is 9.23. The van der Waals surface area contributed by atoms with Gasteiger partial charge in [-0.25, -0.2) is 0 Å². The largest absolute Gasteiger partial charge is 0.389 e. The lowest BCUT2D eigenvalue weighted by Gasteiger charge is -2.00. The molecule has 0 aliphatic rings. The Kier molecular flexibility index (Phi) is 8.14. The lowest BCUT2D eigenvalue weighted by molar-refractivity contribution is 0.214. The van der Waals surface area contributed by atoms with Gasteiger partial charge < -0.3 is 5.11 Å². The molecule has 0 heterocycles. The maximum atomic E-state index is 9.29. The van der Waals surface area contributed by atoms with Crippen LogP contribution in [0.3, 0.4) is 0 Å². The van der Waals surface area contributed by atoms with Crippen molar-refractivity contribution in [2.75, 3.05) is 0 Å². The van der Waals surface area contributed by atoms with Crippen molar-refractivity contribution >= 4 is 0 Å². The molecule has 0 radical (unpaired) electrons. The van der Waals surface area contributed by atoms with Crippen LogP contribution in [-0.2, 0) is 0 Å². The highest BCUT2D eigenvalue weighted by Crippen LogP contribution is 2.00. The van der Waals surface area contributed by atoms with Gasteiger partial charge in [0.1, 0.15) is 0 Å². The van der Waals surface area contributed by atoms with E-state index in [1.54, 1.807) is 0 Å². The molecule has 1 nitrogen and oxygen atoms in total. The Morgan fingerprint density at radius 1 is 1.25 bits per heavy atom. The summed E-state index contributed by atoms with van der Waals surface area (Å²) in [6, 6.07) is 0. The molecule has 1 N–H and O–H groups in total. The fourth-order valence-electron chi connectivity index (χ4n) is 0.988. The number of allylic oxidation sites excluding steroid dienone is 3. The van der Waals surface area contributed by atoms with E-state index in [0.29, 0.717) is 0 Å². The van der Waals surface area contributed by atoms with E-state index in [1.807, 2.05) is 19.1 Å². The Balaban J connectivity index is 3.29. The lowest BCUT2D eigenvalue weighted by Crippen LogP contribution is -1.99. The van der Waals surface area contributed by atoms with Gasteiger partial charge in [0.05, 0.1) is 6.10 Å². The Labute approximate surface area is 75.8 Å². The third-order valence-corrected chi connectivity index (χ3v) is 1.67. The monoisotopic (exact) mass is 168 g/mol. The van der Waals surface area contributed by atoms with Crippen molar-refractivity contribution in [1.29, 1.82) is 0 Å². The SMILES string of the molecule is CC=CC(O)CCC=CCCC. The minimum atomic E-state index is -0.263. The van der Waals surface area contributed by atoms with E-state index in [4.69, 9.17) is 0 Å². The summed E-state index contributed by atoms with van der Waals surface area (Å²) in [4.78, 5) is 0. The number of unbranched alkanes of at least 4 members (excludes halogenated alkanes) is 1. The van der Waals surface area contributed by atoms with Crippen molar-refractivity contribution in [3.63, 3.8) is 0 Å². The first kappa shape index (κ1) is 11.4. The highest BCUT2D eigenvalue weighted by molar-refractivity contribution is 4.88. The third kappa shape index (κ3) is 7.55. The molecule has 1 unspecified atom stereocenters. The van der Waals surface area contributed by atoms with E-state index in [9.17, 15) is 5.11 Å². The van der Waals surface area contributed by atoms with Gasteiger partial charge in [-0.05, 0) is 26.2 Å². The Bertz CT molecular complexity index is 136. The van der Waals surface area contributed by atoms with E-state index < -0.39 is 0 Å². The van der Waals surface area contributed by atoms with Gasteiger partial charge in [0.15, 0.2) is 0 Å². The molecule has 0 rings (SSSR count). The van der Waals surface area contributed by atoms with Crippen molar-refractivity contribution in [1.82, 2.24) is 0 Å². The molecule has 0 aromatic carbocycles. The van der Waals surface area contributed by atoms with Crippen LogP contribution in [-0.4, -0.2) is 11.2 Å². The predicted octanol–water partition coefficient (Wildman–Crippen LogP) is 3.06. The van der Waals surface area contributed by atoms with Crippen molar-refractivity contribution in [3.05, 3.63) is 24.3 Å². The van der Waals surface area contributed by atoms with Crippen molar-refractivity contribution in [3.8, 4) is 0 Å². The van der Waals surface area contributed by atoms with Gasteiger partial charge in [-0.2, -0.15) is 0 Å². The minimum Gasteiger partial charge on any atom is -0.389 e. The molecule has 1 atom stereocenters. The van der Waals surface area contributed by atoms with Crippen LogP contribution in [0.2, 0.25) is 0 Å². The van der Waals surface area contributed by atoms with Gasteiger partial charge in [0, 0.05) is 0 Å². The van der Waals surface area contributed by atoms with E-state index >= 15 is 0 Å². The van der Waals surface area contributed by atoms with Crippen molar-refractivity contribution < 1.29 is 5.11 Å². The summed E-state index contributed by atoms with van der Waals surface area (Å²) in [6.45, 7) is 4.09. The van der Waals surface area contributed by atoms with Gasteiger partial charge >= 0.3 is 0 Å². The third-order valence-electron chi connectivity index (χ3n) is 1.67. The fourth-order valence-corrected chi connectivity index (χ4v) is 0.988. The molecule has 1 heteroatoms. The Hall–Kier alpha value is -0.560. The van der Waals surface area contributed by atoms with Crippen LogP contribution in [0.4, 0.5) is 0 Å². The predicted molar refractivity (Wildman–Crippen MR) is 54.1 cm³/mol. The van der Waals surface area contributed by atoms with Crippen LogP contribution in [0.25, 0.3) is 0 Å². The standard InChI is InChI=1S/C11H20O/c1-3-5-6-7-8-10-11(12)9-4-2/h4,6-7,9,11-12H,3,5,8,10H2,1-2H3. The summed E-state index contributed by atoms with van der Waals surface area (Å²) in [5.74, 6) is 0.